The van der Waals surface area contributed by atoms with Crippen molar-refractivity contribution >= 4 is 5.91 Å². The highest BCUT2D eigenvalue weighted by Crippen LogP contribution is 2.23. The maximum Gasteiger partial charge on any atom is 0.292 e. The van der Waals surface area contributed by atoms with Crippen molar-refractivity contribution in [1.82, 2.24) is 10.1 Å². The Balaban J connectivity index is 2.14. The lowest BCUT2D eigenvalue weighted by molar-refractivity contribution is 0.0700. The van der Waals surface area contributed by atoms with Crippen LogP contribution >= 0.6 is 0 Å². The topological polar surface area (TPSA) is 72.4 Å². The van der Waals surface area contributed by atoms with Crippen LogP contribution in [0.1, 0.15) is 60.8 Å². The molecule has 130 valence electrons. The summed E-state index contributed by atoms with van der Waals surface area (Å²) < 4.78 is 5.34. The molecule has 0 spiro atoms. The van der Waals surface area contributed by atoms with E-state index >= 15 is 0 Å². The summed E-state index contributed by atoms with van der Waals surface area (Å²) >= 11 is 0. The van der Waals surface area contributed by atoms with Crippen molar-refractivity contribution in [2.75, 3.05) is 13.1 Å². The van der Waals surface area contributed by atoms with Gasteiger partial charge in [0.1, 0.15) is 0 Å². The molecule has 0 unspecified atom stereocenters. The van der Waals surface area contributed by atoms with Crippen LogP contribution in [0.2, 0.25) is 0 Å². The molecule has 0 atom stereocenters. The lowest BCUT2D eigenvalue weighted by atomic mass is 9.99. The molecule has 1 amide bonds. The molecule has 0 aliphatic heterocycles. The van der Waals surface area contributed by atoms with E-state index in [-0.39, 0.29) is 5.91 Å². The minimum absolute atomic E-state index is 0.128. The summed E-state index contributed by atoms with van der Waals surface area (Å²) in [5.74, 6) is 0.517. The third-order valence-corrected chi connectivity index (χ3v) is 4.28. The quantitative estimate of drug-likeness (QED) is 0.763. The van der Waals surface area contributed by atoms with Gasteiger partial charge in [-0.15, -0.1) is 0 Å². The minimum atomic E-state index is -0.128. The Morgan fingerprint density at radius 2 is 1.96 bits per heavy atom. The third kappa shape index (κ3) is 4.68. The molecule has 5 heteroatoms. The summed E-state index contributed by atoms with van der Waals surface area (Å²) in [5.41, 5.74) is 7.56. The minimum Gasteiger partial charge on any atom is -0.351 e. The van der Waals surface area contributed by atoms with Crippen LogP contribution in [0.25, 0.3) is 0 Å². The molecular formula is C19H27N3O2. The monoisotopic (exact) mass is 329 g/mol. The molecule has 2 rings (SSSR count). The van der Waals surface area contributed by atoms with Crippen molar-refractivity contribution in [3.05, 3.63) is 53.4 Å². The van der Waals surface area contributed by atoms with Gasteiger partial charge in [0.05, 0.1) is 5.69 Å². The fourth-order valence-electron chi connectivity index (χ4n) is 2.78. The van der Waals surface area contributed by atoms with E-state index in [1.807, 2.05) is 30.3 Å². The SMILES string of the molecule is CCC(CC)c1cc(C(=O)N(CCCN)Cc2ccccc2)on1. The predicted molar refractivity (Wildman–Crippen MR) is 94.7 cm³/mol. The van der Waals surface area contributed by atoms with Gasteiger partial charge in [0.2, 0.25) is 5.76 Å². The average Bonchev–Trinajstić information content (AvgIpc) is 3.10. The largest absolute Gasteiger partial charge is 0.351 e. The number of carbonyl (C=O) groups excluding carboxylic acids is 1. The smallest absolute Gasteiger partial charge is 0.292 e. The number of nitrogens with two attached hydrogens (primary N) is 1. The molecule has 0 radical (unpaired) electrons. The first-order valence-electron chi connectivity index (χ1n) is 8.69. The lowest BCUT2D eigenvalue weighted by Crippen LogP contribution is -2.32. The number of benzene rings is 1. The van der Waals surface area contributed by atoms with Crippen molar-refractivity contribution in [3.8, 4) is 0 Å². The lowest BCUT2D eigenvalue weighted by Gasteiger charge is -2.21. The van der Waals surface area contributed by atoms with Crippen LogP contribution in [0, 0.1) is 0 Å². The van der Waals surface area contributed by atoms with Crippen LogP contribution in [0.3, 0.4) is 0 Å². The summed E-state index contributed by atoms with van der Waals surface area (Å²) in [4.78, 5) is 14.6. The molecule has 1 heterocycles. The van der Waals surface area contributed by atoms with Crippen LogP contribution in [-0.4, -0.2) is 29.1 Å². The standard InChI is InChI=1S/C19H27N3O2/c1-3-16(4-2)17-13-18(24-21-17)19(23)22(12-8-11-20)14-15-9-6-5-7-10-15/h5-7,9-10,13,16H,3-4,8,11-12,14,20H2,1-2H3. The molecule has 0 bridgehead atoms. The molecule has 0 aliphatic rings. The molecule has 0 saturated heterocycles. The molecule has 24 heavy (non-hydrogen) atoms. The van der Waals surface area contributed by atoms with Crippen molar-refractivity contribution in [2.45, 2.75) is 45.6 Å². The molecule has 0 saturated carbocycles. The fourth-order valence-corrected chi connectivity index (χ4v) is 2.78. The van der Waals surface area contributed by atoms with Gasteiger partial charge in [-0.25, -0.2) is 0 Å². The van der Waals surface area contributed by atoms with Gasteiger partial charge in [0, 0.05) is 25.1 Å². The Kier molecular flexibility index (Phi) is 7.00. The van der Waals surface area contributed by atoms with Crippen molar-refractivity contribution < 1.29 is 9.32 Å². The highest BCUT2D eigenvalue weighted by atomic mass is 16.5. The van der Waals surface area contributed by atoms with Crippen molar-refractivity contribution in [3.63, 3.8) is 0 Å². The second-order valence-electron chi connectivity index (χ2n) is 5.98. The molecule has 2 aromatic rings. The molecule has 5 nitrogen and oxygen atoms in total. The summed E-state index contributed by atoms with van der Waals surface area (Å²) in [5, 5.41) is 4.10. The van der Waals surface area contributed by atoms with Crippen LogP contribution in [0.15, 0.2) is 40.9 Å². The Bertz CT molecular complexity index is 621. The number of hydrogen-bond donors (Lipinski definition) is 1. The Hall–Kier alpha value is -2.14. The molecule has 1 aromatic carbocycles. The molecule has 0 fully saturated rings. The number of amides is 1. The first-order chi connectivity index (χ1) is 11.7. The maximum absolute atomic E-state index is 12.8. The van der Waals surface area contributed by atoms with Gasteiger partial charge in [-0.2, -0.15) is 0 Å². The van der Waals surface area contributed by atoms with E-state index < -0.39 is 0 Å². The van der Waals surface area contributed by atoms with Gasteiger partial charge >= 0.3 is 0 Å². The third-order valence-electron chi connectivity index (χ3n) is 4.28. The van der Waals surface area contributed by atoms with Gasteiger partial charge in [-0.05, 0) is 31.4 Å². The van der Waals surface area contributed by atoms with E-state index in [9.17, 15) is 4.79 Å². The molecule has 0 aliphatic carbocycles. The van der Waals surface area contributed by atoms with Gasteiger partial charge in [0.25, 0.3) is 5.91 Å². The second-order valence-corrected chi connectivity index (χ2v) is 5.98. The predicted octanol–water partition coefficient (Wildman–Crippen LogP) is 3.57. The van der Waals surface area contributed by atoms with Crippen molar-refractivity contribution in [2.24, 2.45) is 5.73 Å². The summed E-state index contributed by atoms with van der Waals surface area (Å²) in [6, 6.07) is 11.7. The van der Waals surface area contributed by atoms with Crippen LogP contribution < -0.4 is 5.73 Å². The van der Waals surface area contributed by atoms with E-state index in [0.717, 1.165) is 30.5 Å². The van der Waals surface area contributed by atoms with E-state index in [4.69, 9.17) is 10.3 Å². The number of carbonyl (C=O) groups is 1. The number of hydrogen-bond acceptors (Lipinski definition) is 4. The number of aromatic nitrogens is 1. The van der Waals surface area contributed by atoms with Crippen LogP contribution in [0.4, 0.5) is 0 Å². The second kappa shape index (κ2) is 9.23. The van der Waals surface area contributed by atoms with Gasteiger partial charge in [-0.1, -0.05) is 49.3 Å². The van der Waals surface area contributed by atoms with E-state index in [0.29, 0.717) is 31.3 Å². The molecule has 1 aromatic heterocycles. The number of nitrogens with zero attached hydrogens (tertiary/aromatic N) is 2. The Morgan fingerprint density at radius 1 is 1.25 bits per heavy atom. The van der Waals surface area contributed by atoms with Gasteiger partial charge < -0.3 is 15.2 Å². The van der Waals surface area contributed by atoms with Crippen LogP contribution in [-0.2, 0) is 6.54 Å². The highest BCUT2D eigenvalue weighted by molar-refractivity contribution is 5.91. The Labute approximate surface area is 143 Å². The summed E-state index contributed by atoms with van der Waals surface area (Å²) in [6.45, 7) is 5.93. The Morgan fingerprint density at radius 3 is 2.58 bits per heavy atom. The maximum atomic E-state index is 12.8. The normalized spacial score (nSPS) is 11.0. The highest BCUT2D eigenvalue weighted by Gasteiger charge is 2.22. The molecular weight excluding hydrogens is 302 g/mol. The van der Waals surface area contributed by atoms with E-state index in [1.165, 1.54) is 0 Å². The van der Waals surface area contributed by atoms with Crippen molar-refractivity contribution in [1.29, 1.82) is 0 Å². The zero-order valence-electron chi connectivity index (χ0n) is 14.6. The van der Waals surface area contributed by atoms with Gasteiger partial charge in [-0.3, -0.25) is 4.79 Å². The zero-order chi connectivity index (χ0) is 17.4. The first kappa shape index (κ1) is 18.2. The van der Waals surface area contributed by atoms with E-state index in [1.54, 1.807) is 11.0 Å². The van der Waals surface area contributed by atoms with Gasteiger partial charge in [0.15, 0.2) is 0 Å². The number of rotatable bonds is 9. The summed E-state index contributed by atoms with van der Waals surface area (Å²) in [7, 11) is 0. The summed E-state index contributed by atoms with van der Waals surface area (Å²) in [6.07, 6.45) is 2.72. The zero-order valence-corrected chi connectivity index (χ0v) is 14.6. The van der Waals surface area contributed by atoms with Crippen LogP contribution in [0.5, 0.6) is 0 Å². The molecule has 2 N–H and O–H groups in total. The fraction of sp³-hybridized carbons (Fsp3) is 0.474. The first-order valence-corrected chi connectivity index (χ1v) is 8.69. The van der Waals surface area contributed by atoms with E-state index in [2.05, 4.69) is 19.0 Å². The average molecular weight is 329 g/mol.